The Hall–Kier alpha value is -1.69. The highest BCUT2D eigenvalue weighted by Gasteiger charge is 2.15. The fourth-order valence-corrected chi connectivity index (χ4v) is 1.79. The van der Waals surface area contributed by atoms with Crippen molar-refractivity contribution in [3.8, 4) is 0 Å². The van der Waals surface area contributed by atoms with Crippen molar-refractivity contribution in [3.05, 3.63) is 17.8 Å². The van der Waals surface area contributed by atoms with Crippen molar-refractivity contribution in [2.75, 3.05) is 25.5 Å². The summed E-state index contributed by atoms with van der Waals surface area (Å²) in [6, 6.07) is 3.40. The number of piperidine rings is 1. The number of nitrogens with one attached hydrogen (secondary N) is 2. The number of anilines is 1. The second kappa shape index (κ2) is 5.58. The zero-order valence-corrected chi connectivity index (χ0v) is 9.94. The molecule has 0 atom stereocenters. The number of aromatic nitrogens is 2. The predicted molar refractivity (Wildman–Crippen MR) is 64.5 cm³/mol. The van der Waals surface area contributed by atoms with Gasteiger partial charge in [0.05, 0.1) is 0 Å². The van der Waals surface area contributed by atoms with Gasteiger partial charge in [0.2, 0.25) is 0 Å². The molecule has 0 unspecified atom stereocenters. The maximum Gasteiger partial charge on any atom is 0.286 e. The third kappa shape index (κ3) is 3.13. The van der Waals surface area contributed by atoms with Gasteiger partial charge in [-0.1, -0.05) is 6.42 Å². The molecule has 1 saturated heterocycles. The molecule has 92 valence electrons. The molecule has 1 fully saturated rings. The Morgan fingerprint density at radius 3 is 2.59 bits per heavy atom. The lowest BCUT2D eigenvalue weighted by Gasteiger charge is -2.26. The average Bonchev–Trinajstić information content (AvgIpc) is 2.40. The van der Waals surface area contributed by atoms with Crippen LogP contribution in [0.5, 0.6) is 0 Å². The number of hydrogen-bond acceptors (Lipinski definition) is 5. The molecule has 0 spiro atoms. The lowest BCUT2D eigenvalue weighted by atomic mass is 10.2. The van der Waals surface area contributed by atoms with Crippen LogP contribution >= 0.6 is 0 Å². The lowest BCUT2D eigenvalue weighted by Crippen LogP contribution is -2.45. The first kappa shape index (κ1) is 11.8. The second-order valence-electron chi connectivity index (χ2n) is 4.04. The largest absolute Gasteiger partial charge is 0.372 e. The van der Waals surface area contributed by atoms with Gasteiger partial charge in [0.25, 0.3) is 5.91 Å². The summed E-state index contributed by atoms with van der Waals surface area (Å²) in [4.78, 5) is 11.8. The van der Waals surface area contributed by atoms with Gasteiger partial charge in [-0.15, -0.1) is 10.2 Å². The van der Waals surface area contributed by atoms with E-state index >= 15 is 0 Å². The molecule has 0 aromatic carbocycles. The lowest BCUT2D eigenvalue weighted by molar-refractivity contribution is 0.0744. The molecule has 1 amide bonds. The van der Waals surface area contributed by atoms with E-state index in [2.05, 4.69) is 20.9 Å². The molecule has 1 aromatic rings. The Labute approximate surface area is 100 Å². The molecule has 6 nitrogen and oxygen atoms in total. The van der Waals surface area contributed by atoms with Crippen LogP contribution in [0.4, 0.5) is 5.82 Å². The molecule has 1 aromatic heterocycles. The van der Waals surface area contributed by atoms with Gasteiger partial charge in [0.15, 0.2) is 5.69 Å². The Kier molecular flexibility index (Phi) is 3.87. The number of carbonyl (C=O) groups is 1. The van der Waals surface area contributed by atoms with Crippen LogP contribution in [0, 0.1) is 0 Å². The molecule has 1 aliphatic heterocycles. The summed E-state index contributed by atoms with van der Waals surface area (Å²) < 4.78 is 0. The number of nitrogens with zero attached hydrogens (tertiary/aromatic N) is 3. The Morgan fingerprint density at radius 1 is 1.24 bits per heavy atom. The van der Waals surface area contributed by atoms with Gasteiger partial charge in [0.1, 0.15) is 5.82 Å². The molecule has 1 aliphatic rings. The molecule has 0 bridgehead atoms. The van der Waals surface area contributed by atoms with E-state index < -0.39 is 0 Å². The molecular formula is C11H17N5O. The normalized spacial score (nSPS) is 16.5. The third-order valence-electron chi connectivity index (χ3n) is 2.77. The van der Waals surface area contributed by atoms with E-state index in [9.17, 15) is 4.79 Å². The molecule has 0 aliphatic carbocycles. The highest BCUT2D eigenvalue weighted by Crippen LogP contribution is 2.07. The number of carbonyl (C=O) groups excluding carboxylic acids is 1. The minimum atomic E-state index is -0.193. The number of hydrazine groups is 1. The second-order valence-corrected chi connectivity index (χ2v) is 4.04. The minimum absolute atomic E-state index is 0.193. The number of amides is 1. The van der Waals surface area contributed by atoms with E-state index in [0.29, 0.717) is 11.5 Å². The van der Waals surface area contributed by atoms with E-state index in [-0.39, 0.29) is 5.91 Å². The van der Waals surface area contributed by atoms with Gasteiger partial charge in [-0.2, -0.15) is 0 Å². The predicted octanol–water partition coefficient (Wildman–Crippen LogP) is 0.649. The summed E-state index contributed by atoms with van der Waals surface area (Å²) in [5, 5.41) is 12.5. The van der Waals surface area contributed by atoms with Gasteiger partial charge in [-0.3, -0.25) is 10.2 Å². The van der Waals surface area contributed by atoms with Crippen LogP contribution in [0.2, 0.25) is 0 Å². The summed E-state index contributed by atoms with van der Waals surface area (Å²) in [7, 11) is 1.76. The Bertz CT molecular complexity index is 372. The summed E-state index contributed by atoms with van der Waals surface area (Å²) >= 11 is 0. The molecule has 2 heterocycles. The standard InChI is InChI=1S/C11H17N5O/c1-12-10-6-5-9(13-14-10)11(17)15-16-7-3-2-4-8-16/h5-6H,2-4,7-8H2,1H3,(H,12,14)(H,15,17). The van der Waals surface area contributed by atoms with Crippen LogP contribution in [-0.4, -0.2) is 41.3 Å². The van der Waals surface area contributed by atoms with E-state index in [1.165, 1.54) is 6.42 Å². The van der Waals surface area contributed by atoms with Gasteiger partial charge in [-0.25, -0.2) is 5.01 Å². The van der Waals surface area contributed by atoms with E-state index in [0.717, 1.165) is 25.9 Å². The summed E-state index contributed by atoms with van der Waals surface area (Å²) in [5.74, 6) is 0.460. The monoisotopic (exact) mass is 235 g/mol. The van der Waals surface area contributed by atoms with Crippen molar-refractivity contribution in [1.29, 1.82) is 0 Å². The van der Waals surface area contributed by atoms with Crippen LogP contribution in [-0.2, 0) is 0 Å². The molecule has 2 rings (SSSR count). The molecule has 17 heavy (non-hydrogen) atoms. The first-order valence-corrected chi connectivity index (χ1v) is 5.87. The van der Waals surface area contributed by atoms with Crippen molar-refractivity contribution in [3.63, 3.8) is 0 Å². The molecule has 0 saturated carbocycles. The van der Waals surface area contributed by atoms with Crippen molar-refractivity contribution in [2.24, 2.45) is 0 Å². The van der Waals surface area contributed by atoms with Gasteiger partial charge < -0.3 is 5.32 Å². The SMILES string of the molecule is CNc1ccc(C(=O)NN2CCCCC2)nn1. The minimum Gasteiger partial charge on any atom is -0.372 e. The maximum atomic E-state index is 11.8. The smallest absolute Gasteiger partial charge is 0.286 e. The fourth-order valence-electron chi connectivity index (χ4n) is 1.79. The highest BCUT2D eigenvalue weighted by atomic mass is 16.2. The van der Waals surface area contributed by atoms with Crippen LogP contribution in [0.1, 0.15) is 29.8 Å². The topological polar surface area (TPSA) is 70.2 Å². The average molecular weight is 235 g/mol. The Morgan fingerprint density at radius 2 is 2.00 bits per heavy atom. The van der Waals surface area contributed by atoms with Crippen molar-refractivity contribution >= 4 is 11.7 Å². The summed E-state index contributed by atoms with van der Waals surface area (Å²) in [6.45, 7) is 1.82. The molecule has 6 heteroatoms. The summed E-state index contributed by atoms with van der Waals surface area (Å²) in [6.07, 6.45) is 3.50. The van der Waals surface area contributed by atoms with Crippen molar-refractivity contribution < 1.29 is 4.79 Å². The van der Waals surface area contributed by atoms with Gasteiger partial charge in [-0.05, 0) is 25.0 Å². The van der Waals surface area contributed by atoms with Crippen LogP contribution in [0.15, 0.2) is 12.1 Å². The van der Waals surface area contributed by atoms with Crippen molar-refractivity contribution in [2.45, 2.75) is 19.3 Å². The first-order valence-electron chi connectivity index (χ1n) is 5.87. The van der Waals surface area contributed by atoms with Crippen molar-refractivity contribution in [1.82, 2.24) is 20.6 Å². The fraction of sp³-hybridized carbons (Fsp3) is 0.545. The zero-order valence-electron chi connectivity index (χ0n) is 9.94. The zero-order chi connectivity index (χ0) is 12.1. The van der Waals surface area contributed by atoms with Crippen LogP contribution in [0.25, 0.3) is 0 Å². The number of hydrogen-bond donors (Lipinski definition) is 2. The van der Waals surface area contributed by atoms with Gasteiger partial charge >= 0.3 is 0 Å². The maximum absolute atomic E-state index is 11.8. The van der Waals surface area contributed by atoms with E-state index in [1.807, 2.05) is 5.01 Å². The molecule has 2 N–H and O–H groups in total. The summed E-state index contributed by atoms with van der Waals surface area (Å²) in [5.41, 5.74) is 3.19. The van der Waals surface area contributed by atoms with E-state index in [4.69, 9.17) is 0 Å². The Balaban J connectivity index is 1.93. The van der Waals surface area contributed by atoms with Gasteiger partial charge in [0, 0.05) is 20.1 Å². The van der Waals surface area contributed by atoms with Crippen LogP contribution in [0.3, 0.4) is 0 Å². The quantitative estimate of drug-likeness (QED) is 0.805. The van der Waals surface area contributed by atoms with E-state index in [1.54, 1.807) is 19.2 Å². The molecule has 0 radical (unpaired) electrons. The van der Waals surface area contributed by atoms with Crippen LogP contribution < -0.4 is 10.7 Å². The molecular weight excluding hydrogens is 218 g/mol. The first-order chi connectivity index (χ1) is 8.29. The number of rotatable bonds is 3. The third-order valence-corrected chi connectivity index (χ3v) is 2.77. The highest BCUT2D eigenvalue weighted by molar-refractivity contribution is 5.91.